The predicted molar refractivity (Wildman–Crippen MR) is 334 cm³/mol. The van der Waals surface area contributed by atoms with Crippen molar-refractivity contribution in [3.8, 4) is 12.1 Å². The number of anilines is 2. The van der Waals surface area contributed by atoms with Gasteiger partial charge in [-0.05, 0) is 104 Å². The number of hydrogen-bond donors (Lipinski definition) is 2. The summed E-state index contributed by atoms with van der Waals surface area (Å²) < 4.78 is 78.0. The first-order chi connectivity index (χ1) is 40.6. The number of fused-ring (bicyclic) bond motifs is 6. The van der Waals surface area contributed by atoms with Crippen molar-refractivity contribution in [1.82, 2.24) is 0 Å². The predicted octanol–water partition coefficient (Wildman–Crippen LogP) is 16.3. The molecule has 1 spiro atoms. The average Bonchev–Trinajstić information content (AvgIpc) is 2.16. The van der Waals surface area contributed by atoms with E-state index >= 15 is 0 Å². The van der Waals surface area contributed by atoms with Gasteiger partial charge in [-0.3, -0.25) is 0 Å². The van der Waals surface area contributed by atoms with Crippen LogP contribution in [0.3, 0.4) is 0 Å². The van der Waals surface area contributed by atoms with E-state index < -0.39 is 35.9 Å². The van der Waals surface area contributed by atoms with E-state index in [1.807, 2.05) is 0 Å². The fourth-order valence-corrected chi connectivity index (χ4v) is 16.0. The van der Waals surface area contributed by atoms with E-state index in [4.69, 9.17) is 10.5 Å². The van der Waals surface area contributed by atoms with Gasteiger partial charge in [0, 0.05) is 43.6 Å². The van der Waals surface area contributed by atoms with Crippen LogP contribution in [0.1, 0.15) is 70.2 Å². The number of para-hydroxylation sites is 2. The summed E-state index contributed by atoms with van der Waals surface area (Å²) in [5.41, 5.74) is 12.1. The molecule has 0 saturated carbocycles. The van der Waals surface area contributed by atoms with Crippen LogP contribution < -0.4 is 42.5 Å². The Morgan fingerprint density at radius 3 is 0.965 bits per heavy atom. The third kappa shape index (κ3) is 15.9. The summed E-state index contributed by atoms with van der Waals surface area (Å²) in [6, 6.07) is 103. The maximum atomic E-state index is 9.75. The molecule has 0 aromatic heterocycles. The van der Waals surface area contributed by atoms with Gasteiger partial charge in [0.25, 0.3) is 0 Å². The Morgan fingerprint density at radius 1 is 0.365 bits per heavy atom. The van der Waals surface area contributed by atoms with Crippen LogP contribution in [0.4, 0.5) is 45.9 Å². The van der Waals surface area contributed by atoms with Crippen LogP contribution in [0.2, 0.25) is 0 Å². The second-order valence-electron chi connectivity index (χ2n) is 19.2. The second kappa shape index (κ2) is 30.0. The Kier molecular flexibility index (Phi) is 22.7. The zero-order chi connectivity index (χ0) is 59.7. The molecule has 1 atom stereocenters. The quantitative estimate of drug-likeness (QED) is 0.0903. The van der Waals surface area contributed by atoms with Gasteiger partial charge in [0.05, 0.1) is 12.1 Å². The van der Waals surface area contributed by atoms with Gasteiger partial charge in [0.2, 0.25) is 0 Å². The molecule has 0 fully saturated rings. The Hall–Kier alpha value is -8.27. The minimum absolute atomic E-state index is 0. The van der Waals surface area contributed by atoms with Gasteiger partial charge in [-0.2, -0.15) is 10.5 Å². The van der Waals surface area contributed by atoms with Gasteiger partial charge in [-0.15, -0.1) is 0 Å². The van der Waals surface area contributed by atoms with Crippen molar-refractivity contribution in [2.45, 2.75) is 31.2 Å². The summed E-state index contributed by atoms with van der Waals surface area (Å²) in [5.74, 6) is -0.0662. The van der Waals surface area contributed by atoms with E-state index in [-0.39, 0.29) is 28.9 Å². The molecular formula is C68H56B2F8FeN4P2. The number of nitriles is 2. The van der Waals surface area contributed by atoms with Crippen molar-refractivity contribution >= 4 is 73.6 Å². The van der Waals surface area contributed by atoms with Gasteiger partial charge < -0.3 is 45.2 Å². The van der Waals surface area contributed by atoms with E-state index in [0.717, 1.165) is 11.4 Å². The number of nitrogens with zero attached hydrogens (tertiary/aromatic N) is 2. The molecule has 0 bridgehead atoms. The van der Waals surface area contributed by atoms with Crippen LogP contribution in [0.15, 0.2) is 267 Å². The van der Waals surface area contributed by atoms with Gasteiger partial charge in [0.1, 0.15) is 5.54 Å². The van der Waals surface area contributed by atoms with Crippen molar-refractivity contribution in [3.05, 3.63) is 311 Å². The first-order valence-corrected chi connectivity index (χ1v) is 29.5. The van der Waals surface area contributed by atoms with E-state index in [2.05, 4.69) is 278 Å². The van der Waals surface area contributed by atoms with Crippen LogP contribution in [0.5, 0.6) is 0 Å². The molecule has 10 aromatic rings. The summed E-state index contributed by atoms with van der Waals surface area (Å²) in [6.07, 6.45) is 0. The molecule has 0 radical (unpaired) electrons. The van der Waals surface area contributed by atoms with Crippen LogP contribution in [-0.2, 0) is 22.6 Å². The standard InChI is InChI=1S/C64H50N2P2.2C2H3N.2BF4.Fe/c1-5-25-46(26-6-1)67(47-27-7-2-8-28-47)60-43-23-17-37-54(60)62-50-33-13-19-39-56(50)64(57-40-20-14-34-51(57)62)45-65-58-41-21-15-35-52(58)63(53-36-16-22-42-59(53)66-64)55-38-18-24-44-61(55)68(48-29-9-3-10-30-48)49-31-11-4-12-32-49;2*1-2-3;2*2-1(3,4)5;/h1-44,62-63,65-66H,45H2;2*1H3;;;/q;;;2*-1;+2/t62?,63-,64?;;;;;/m1...../s1. The largest absolute Gasteiger partial charge is 2.00 e. The molecule has 1 aliphatic heterocycles. The van der Waals surface area contributed by atoms with Crippen molar-refractivity contribution in [3.63, 3.8) is 0 Å². The minimum Gasteiger partial charge on any atom is -0.418 e. The molecule has 0 saturated heterocycles. The first kappa shape index (κ1) is 64.3. The van der Waals surface area contributed by atoms with Crippen molar-refractivity contribution < 1.29 is 51.6 Å². The average molecular weight is 1220 g/mol. The van der Waals surface area contributed by atoms with Crippen LogP contribution in [0.25, 0.3) is 0 Å². The Labute approximate surface area is 504 Å². The minimum atomic E-state index is -6.00. The number of halogens is 8. The Morgan fingerprint density at radius 2 is 0.612 bits per heavy atom. The molecule has 2 N–H and O–H groups in total. The third-order valence-electron chi connectivity index (χ3n) is 13.9. The topological polar surface area (TPSA) is 71.6 Å². The Bertz CT molecular complexity index is 3670. The maximum absolute atomic E-state index is 9.75. The van der Waals surface area contributed by atoms with E-state index in [0.29, 0.717) is 6.54 Å². The molecule has 428 valence electrons. The van der Waals surface area contributed by atoms with Crippen molar-refractivity contribution in [2.75, 3.05) is 17.2 Å². The normalized spacial score (nSPS) is 15.2. The zero-order valence-corrected chi connectivity index (χ0v) is 49.0. The molecule has 10 aromatic carbocycles. The number of rotatable bonds is 8. The van der Waals surface area contributed by atoms with Gasteiger partial charge in [0.15, 0.2) is 0 Å². The summed E-state index contributed by atoms with van der Waals surface area (Å²) >= 11 is 0. The monoisotopic (exact) mass is 1220 g/mol. The molecular weight excluding hydrogens is 1160 g/mol. The van der Waals surface area contributed by atoms with Crippen LogP contribution >= 0.6 is 15.8 Å². The van der Waals surface area contributed by atoms with E-state index in [1.165, 1.54) is 90.2 Å². The molecule has 17 heteroatoms. The molecule has 85 heavy (non-hydrogen) atoms. The molecule has 1 heterocycles. The Balaban J connectivity index is 0.000000546. The molecule has 4 nitrogen and oxygen atoms in total. The fourth-order valence-electron chi connectivity index (χ4n) is 11.1. The van der Waals surface area contributed by atoms with Gasteiger partial charge in [-0.1, -0.05) is 255 Å². The number of benzene rings is 10. The summed E-state index contributed by atoms with van der Waals surface area (Å²) in [7, 11) is -13.7. The molecule has 12 rings (SSSR count). The van der Waals surface area contributed by atoms with Gasteiger partial charge in [-0.25, -0.2) is 0 Å². The summed E-state index contributed by atoms with van der Waals surface area (Å²) in [5, 5.41) is 31.4. The van der Waals surface area contributed by atoms with E-state index in [1.54, 1.807) is 12.1 Å². The fraction of sp³-hybridized carbons (Fsp3) is 0.0882. The zero-order valence-electron chi connectivity index (χ0n) is 46.1. The van der Waals surface area contributed by atoms with Gasteiger partial charge >= 0.3 is 31.6 Å². The van der Waals surface area contributed by atoms with E-state index in [9.17, 15) is 34.5 Å². The molecule has 2 aliphatic rings. The second-order valence-corrected chi connectivity index (χ2v) is 23.5. The number of hydrogen-bond acceptors (Lipinski definition) is 4. The van der Waals surface area contributed by atoms with Crippen LogP contribution in [0, 0.1) is 22.7 Å². The smallest absolute Gasteiger partial charge is 0.418 e. The van der Waals surface area contributed by atoms with Crippen molar-refractivity contribution in [1.29, 1.82) is 10.5 Å². The summed E-state index contributed by atoms with van der Waals surface area (Å²) in [4.78, 5) is 0. The van der Waals surface area contributed by atoms with Crippen LogP contribution in [-0.4, -0.2) is 21.1 Å². The number of nitrogens with one attached hydrogen (secondary N) is 2. The van der Waals surface area contributed by atoms with Crippen molar-refractivity contribution in [2.24, 2.45) is 0 Å². The maximum Gasteiger partial charge on any atom is 2.00 e. The molecule has 0 amide bonds. The SMILES string of the molecule is CC#N.CC#N.F[B-](F)(F)F.F[B-](F)(F)F.[Fe+2].c1ccc(P(c2ccccc2)c2ccccc2C2c3ccccc3C3(CNc4ccccc4[C@@H](c4ccccc4P(c4ccccc4)c4ccccc4)c4ccccc4N3)c3ccccc32)cc1. The third-order valence-corrected chi connectivity index (χ3v) is 19.0. The summed E-state index contributed by atoms with van der Waals surface area (Å²) in [6.45, 7) is 3.50. The first-order valence-electron chi connectivity index (χ1n) is 26.8. The molecule has 1 aliphatic carbocycles. The molecule has 0 unspecified atom stereocenters.